The summed E-state index contributed by atoms with van der Waals surface area (Å²) < 4.78 is 0. The molecule has 2 rings (SSSR count). The summed E-state index contributed by atoms with van der Waals surface area (Å²) in [5.74, 6) is 0.309. The Bertz CT molecular complexity index is 673. The molecule has 6 heteroatoms. The largest absolute Gasteiger partial charge is 0.344 e. The van der Waals surface area contributed by atoms with Crippen molar-refractivity contribution < 1.29 is 9.59 Å². The van der Waals surface area contributed by atoms with E-state index in [1.165, 1.54) is 5.56 Å². The highest BCUT2D eigenvalue weighted by Crippen LogP contribution is 2.42. The third-order valence-electron chi connectivity index (χ3n) is 5.67. The van der Waals surface area contributed by atoms with Crippen molar-refractivity contribution in [1.29, 1.82) is 0 Å². The molecule has 156 valence electrons. The lowest BCUT2D eigenvalue weighted by Crippen LogP contribution is -2.55. The molecule has 0 aliphatic carbocycles. The summed E-state index contributed by atoms with van der Waals surface area (Å²) in [6, 6.07) is 7.53. The number of piperidine rings is 1. The number of carbonyl (C=O) groups is 2. The molecule has 2 atom stereocenters. The van der Waals surface area contributed by atoms with Gasteiger partial charge in [0.1, 0.15) is 6.04 Å². The maximum atomic E-state index is 13.2. The smallest absolute Gasteiger partial charge is 0.245 e. The molecular weight excluding hydrogens is 374 g/mol. The Morgan fingerprint density at radius 1 is 1.29 bits per heavy atom. The number of nitrogens with zero attached hydrogens (tertiary/aromatic N) is 1. The van der Waals surface area contributed by atoms with Crippen LogP contribution in [0.1, 0.15) is 58.4 Å². The minimum Gasteiger partial charge on any atom is -0.344 e. The van der Waals surface area contributed by atoms with Crippen LogP contribution in [0.25, 0.3) is 0 Å². The minimum atomic E-state index is -0.492. The van der Waals surface area contributed by atoms with E-state index in [1.54, 1.807) is 0 Å². The van der Waals surface area contributed by atoms with Crippen molar-refractivity contribution in [3.8, 4) is 0 Å². The van der Waals surface area contributed by atoms with Gasteiger partial charge in [-0.1, -0.05) is 51.4 Å². The van der Waals surface area contributed by atoms with Gasteiger partial charge in [0, 0.05) is 24.5 Å². The number of nitrogens with one attached hydrogen (secondary N) is 1. The summed E-state index contributed by atoms with van der Waals surface area (Å²) in [6.07, 6.45) is 1.88. The molecular formula is C22H34ClN3O2. The molecule has 1 aliphatic rings. The van der Waals surface area contributed by atoms with Gasteiger partial charge in [0.2, 0.25) is 11.8 Å². The van der Waals surface area contributed by atoms with E-state index in [0.717, 1.165) is 11.4 Å². The van der Waals surface area contributed by atoms with E-state index in [0.29, 0.717) is 38.4 Å². The maximum absolute atomic E-state index is 13.2. The first-order valence-electron chi connectivity index (χ1n) is 10.2. The van der Waals surface area contributed by atoms with Crippen molar-refractivity contribution in [1.82, 2.24) is 10.2 Å². The van der Waals surface area contributed by atoms with Crippen molar-refractivity contribution in [3.63, 3.8) is 0 Å². The number of hydrogen-bond donors (Lipinski definition) is 2. The Hall–Kier alpha value is -1.59. The molecule has 0 bridgehead atoms. The van der Waals surface area contributed by atoms with Crippen LogP contribution < -0.4 is 11.1 Å². The quantitative estimate of drug-likeness (QED) is 0.725. The first-order valence-corrected chi connectivity index (χ1v) is 10.6. The Labute approximate surface area is 174 Å². The van der Waals surface area contributed by atoms with Gasteiger partial charge in [0.05, 0.1) is 0 Å². The zero-order valence-corrected chi connectivity index (χ0v) is 18.3. The fourth-order valence-electron chi connectivity index (χ4n) is 4.08. The van der Waals surface area contributed by atoms with E-state index < -0.39 is 6.04 Å². The normalized spacial score (nSPS) is 20.1. The van der Waals surface area contributed by atoms with Gasteiger partial charge in [-0.2, -0.15) is 0 Å². The lowest BCUT2D eigenvalue weighted by molar-refractivity contribution is -0.140. The first kappa shape index (κ1) is 22.7. The molecule has 0 radical (unpaired) electrons. The molecule has 1 saturated heterocycles. The molecule has 1 aromatic carbocycles. The van der Waals surface area contributed by atoms with Gasteiger partial charge in [-0.3, -0.25) is 9.59 Å². The predicted molar refractivity (Wildman–Crippen MR) is 114 cm³/mol. The summed E-state index contributed by atoms with van der Waals surface area (Å²) >= 11 is 6.03. The van der Waals surface area contributed by atoms with Crippen molar-refractivity contribution in [2.45, 2.75) is 58.9 Å². The molecule has 3 N–H and O–H groups in total. The van der Waals surface area contributed by atoms with E-state index in [1.807, 2.05) is 30.9 Å². The summed E-state index contributed by atoms with van der Waals surface area (Å²) in [7, 11) is 0. The first-order chi connectivity index (χ1) is 13.2. The second kappa shape index (κ2) is 9.75. The number of rotatable bonds is 7. The van der Waals surface area contributed by atoms with Gasteiger partial charge >= 0.3 is 0 Å². The molecule has 1 aromatic rings. The Morgan fingerprint density at radius 3 is 2.46 bits per heavy atom. The van der Waals surface area contributed by atoms with Gasteiger partial charge in [-0.15, -0.1) is 0 Å². The zero-order chi connectivity index (χ0) is 20.9. The molecule has 1 heterocycles. The van der Waals surface area contributed by atoms with Gasteiger partial charge in [0.25, 0.3) is 0 Å². The van der Waals surface area contributed by atoms with Crippen LogP contribution in [0.15, 0.2) is 24.3 Å². The van der Waals surface area contributed by atoms with Gasteiger partial charge in [-0.05, 0) is 54.3 Å². The highest BCUT2D eigenvalue weighted by Gasteiger charge is 2.40. The zero-order valence-electron chi connectivity index (χ0n) is 17.5. The number of hydrogen-bond acceptors (Lipinski definition) is 3. The van der Waals surface area contributed by atoms with Crippen LogP contribution in [0.2, 0.25) is 5.02 Å². The summed E-state index contributed by atoms with van der Waals surface area (Å²) in [5, 5.41) is 3.66. The lowest BCUT2D eigenvalue weighted by atomic mass is 9.70. The van der Waals surface area contributed by atoms with E-state index >= 15 is 0 Å². The van der Waals surface area contributed by atoms with Gasteiger partial charge in [-0.25, -0.2) is 0 Å². The summed E-state index contributed by atoms with van der Waals surface area (Å²) in [5.41, 5.74) is 6.68. The molecule has 0 saturated carbocycles. The average Bonchev–Trinajstić information content (AvgIpc) is 2.63. The summed E-state index contributed by atoms with van der Waals surface area (Å²) in [4.78, 5) is 27.3. The molecule has 1 unspecified atom stereocenters. The van der Waals surface area contributed by atoms with Crippen LogP contribution >= 0.6 is 11.6 Å². The highest BCUT2D eigenvalue weighted by molar-refractivity contribution is 6.30. The fraction of sp³-hybridized carbons (Fsp3) is 0.636. The molecule has 28 heavy (non-hydrogen) atoms. The van der Waals surface area contributed by atoms with Crippen molar-refractivity contribution >= 4 is 23.4 Å². The Balaban J connectivity index is 2.07. The molecule has 0 aromatic heterocycles. The Kier molecular flexibility index (Phi) is 7.90. The third-order valence-corrected chi connectivity index (χ3v) is 5.92. The van der Waals surface area contributed by atoms with Crippen LogP contribution in [0, 0.1) is 11.3 Å². The van der Waals surface area contributed by atoms with Crippen LogP contribution in [0.5, 0.6) is 0 Å². The molecule has 1 fully saturated rings. The van der Waals surface area contributed by atoms with E-state index in [9.17, 15) is 9.59 Å². The van der Waals surface area contributed by atoms with E-state index in [-0.39, 0.29) is 23.1 Å². The molecule has 2 amide bonds. The van der Waals surface area contributed by atoms with Gasteiger partial charge in [0.15, 0.2) is 0 Å². The monoisotopic (exact) mass is 407 g/mol. The number of nitrogens with two attached hydrogens (primary N) is 1. The number of carbonyl (C=O) groups excluding carboxylic acids is 2. The van der Waals surface area contributed by atoms with Crippen LogP contribution in [-0.2, 0) is 9.59 Å². The average molecular weight is 408 g/mol. The number of amides is 2. The van der Waals surface area contributed by atoms with Crippen molar-refractivity contribution in [2.24, 2.45) is 17.1 Å². The second-order valence-electron chi connectivity index (χ2n) is 8.82. The van der Waals surface area contributed by atoms with Crippen molar-refractivity contribution in [3.05, 3.63) is 34.9 Å². The maximum Gasteiger partial charge on any atom is 0.245 e. The number of benzene rings is 1. The predicted octanol–water partition coefficient (Wildman–Crippen LogP) is 3.56. The summed E-state index contributed by atoms with van der Waals surface area (Å²) in [6.45, 7) is 10.2. The standard InChI is InChI=1S/C22H34ClN3O2/c1-15(2)20(25-19(27)6-5-12-24)21(28)26-13-11-18(22(3,4)14-26)16-7-9-17(23)10-8-16/h7-10,15,18,20H,5-6,11-14,24H2,1-4H3,(H,25,27)/t18?,20-/m1/s1. The van der Waals surface area contributed by atoms with Crippen LogP contribution in [0.4, 0.5) is 0 Å². The topological polar surface area (TPSA) is 75.4 Å². The van der Waals surface area contributed by atoms with E-state index in [2.05, 4.69) is 31.3 Å². The van der Waals surface area contributed by atoms with Crippen LogP contribution in [-0.4, -0.2) is 42.4 Å². The molecule has 5 nitrogen and oxygen atoms in total. The minimum absolute atomic E-state index is 0.0127. The second-order valence-corrected chi connectivity index (χ2v) is 9.26. The molecule has 1 aliphatic heterocycles. The van der Waals surface area contributed by atoms with Gasteiger partial charge < -0.3 is 16.0 Å². The Morgan fingerprint density at radius 2 is 1.93 bits per heavy atom. The van der Waals surface area contributed by atoms with Crippen LogP contribution in [0.3, 0.4) is 0 Å². The molecule has 0 spiro atoms. The lowest BCUT2D eigenvalue weighted by Gasteiger charge is -2.45. The number of likely N-dealkylation sites (tertiary alicyclic amines) is 1. The highest BCUT2D eigenvalue weighted by atomic mass is 35.5. The number of halogens is 1. The fourth-order valence-corrected chi connectivity index (χ4v) is 4.20. The SMILES string of the molecule is CC(C)[C@@H](NC(=O)CCCN)C(=O)N1CCC(c2ccc(Cl)cc2)C(C)(C)C1. The van der Waals surface area contributed by atoms with E-state index in [4.69, 9.17) is 17.3 Å². The van der Waals surface area contributed by atoms with Crippen molar-refractivity contribution in [2.75, 3.05) is 19.6 Å². The third kappa shape index (κ3) is 5.71.